The summed E-state index contributed by atoms with van der Waals surface area (Å²) in [4.78, 5) is 2.18. The normalized spacial score (nSPS) is 17.1. The maximum Gasteiger partial charge on any atom is 0.136 e. The van der Waals surface area contributed by atoms with Crippen molar-refractivity contribution in [2.45, 2.75) is 0 Å². The molecule has 0 spiro atoms. The van der Waals surface area contributed by atoms with Crippen molar-refractivity contribution in [3.05, 3.63) is 23.2 Å². The highest BCUT2D eigenvalue weighted by atomic mass is 35.5. The summed E-state index contributed by atoms with van der Waals surface area (Å²) in [6, 6.07) is 5.36. The average Bonchev–Trinajstić information content (AvgIpc) is 2.23. The monoisotopic (exact) mass is 212 g/mol. The lowest BCUT2D eigenvalue weighted by molar-refractivity contribution is 0.475. The lowest BCUT2D eigenvalue weighted by Gasteiger charge is -2.30. The highest BCUT2D eigenvalue weighted by molar-refractivity contribution is 6.34. The van der Waals surface area contributed by atoms with Crippen LogP contribution in [0.2, 0.25) is 5.02 Å². The third-order valence-corrected chi connectivity index (χ3v) is 2.80. The molecule has 1 aliphatic heterocycles. The van der Waals surface area contributed by atoms with Crippen LogP contribution in [0, 0.1) is 0 Å². The van der Waals surface area contributed by atoms with Gasteiger partial charge >= 0.3 is 0 Å². The average molecular weight is 213 g/mol. The van der Waals surface area contributed by atoms with Crippen LogP contribution in [0.25, 0.3) is 0 Å². The summed E-state index contributed by atoms with van der Waals surface area (Å²) >= 11 is 6.01. The molecular formula is C10H13ClN2O. The van der Waals surface area contributed by atoms with Crippen molar-refractivity contribution in [1.82, 2.24) is 5.32 Å². The molecule has 2 N–H and O–H groups in total. The van der Waals surface area contributed by atoms with Gasteiger partial charge in [-0.1, -0.05) is 17.7 Å². The molecule has 1 aromatic rings. The number of phenolic OH excluding ortho intramolecular Hbond substituents is 1. The Morgan fingerprint density at radius 2 is 2.00 bits per heavy atom. The number of piperazine rings is 1. The summed E-state index contributed by atoms with van der Waals surface area (Å²) < 4.78 is 0. The number of hydrogen-bond donors (Lipinski definition) is 2. The van der Waals surface area contributed by atoms with Gasteiger partial charge in [0.15, 0.2) is 0 Å². The second kappa shape index (κ2) is 4.07. The Morgan fingerprint density at radius 3 is 2.71 bits per heavy atom. The molecular weight excluding hydrogens is 200 g/mol. The Balaban J connectivity index is 2.26. The van der Waals surface area contributed by atoms with Gasteiger partial charge in [0.05, 0.1) is 5.69 Å². The smallest absolute Gasteiger partial charge is 0.136 e. The van der Waals surface area contributed by atoms with Crippen molar-refractivity contribution in [2.24, 2.45) is 0 Å². The van der Waals surface area contributed by atoms with Crippen LogP contribution >= 0.6 is 11.6 Å². The minimum Gasteiger partial charge on any atom is -0.506 e. The van der Waals surface area contributed by atoms with E-state index in [-0.39, 0.29) is 5.75 Å². The molecule has 4 heteroatoms. The van der Waals surface area contributed by atoms with E-state index in [0.29, 0.717) is 5.02 Å². The van der Waals surface area contributed by atoms with Gasteiger partial charge in [0, 0.05) is 26.2 Å². The Labute approximate surface area is 88.3 Å². The Bertz CT molecular complexity index is 324. The molecule has 0 unspecified atom stereocenters. The van der Waals surface area contributed by atoms with Gasteiger partial charge in [0.2, 0.25) is 0 Å². The van der Waals surface area contributed by atoms with Crippen LogP contribution in [0.1, 0.15) is 0 Å². The molecule has 0 bridgehead atoms. The summed E-state index contributed by atoms with van der Waals surface area (Å²) in [6.07, 6.45) is 0. The van der Waals surface area contributed by atoms with Crippen LogP contribution in [-0.2, 0) is 0 Å². The topological polar surface area (TPSA) is 35.5 Å². The van der Waals surface area contributed by atoms with Gasteiger partial charge in [-0.3, -0.25) is 0 Å². The van der Waals surface area contributed by atoms with E-state index in [9.17, 15) is 5.11 Å². The van der Waals surface area contributed by atoms with Crippen LogP contribution in [0.3, 0.4) is 0 Å². The van der Waals surface area contributed by atoms with Crippen molar-refractivity contribution in [2.75, 3.05) is 31.1 Å². The van der Waals surface area contributed by atoms with Crippen LogP contribution in [-0.4, -0.2) is 31.3 Å². The summed E-state index contributed by atoms with van der Waals surface area (Å²) in [5.41, 5.74) is 0.924. The highest BCUT2D eigenvalue weighted by Gasteiger charge is 2.14. The molecule has 2 rings (SSSR count). The van der Waals surface area contributed by atoms with Crippen LogP contribution < -0.4 is 10.2 Å². The third-order valence-electron chi connectivity index (χ3n) is 2.42. The van der Waals surface area contributed by atoms with E-state index in [1.54, 1.807) is 6.07 Å². The number of nitrogens with one attached hydrogen (secondary N) is 1. The van der Waals surface area contributed by atoms with Gasteiger partial charge in [-0.05, 0) is 12.1 Å². The first-order valence-electron chi connectivity index (χ1n) is 4.72. The van der Waals surface area contributed by atoms with Crippen molar-refractivity contribution in [3.63, 3.8) is 0 Å². The van der Waals surface area contributed by atoms with E-state index in [0.717, 1.165) is 31.9 Å². The molecule has 0 aliphatic carbocycles. The van der Waals surface area contributed by atoms with E-state index >= 15 is 0 Å². The molecule has 14 heavy (non-hydrogen) atoms. The quantitative estimate of drug-likeness (QED) is 0.740. The predicted octanol–water partition coefficient (Wildman–Crippen LogP) is 1.46. The number of rotatable bonds is 1. The third kappa shape index (κ3) is 1.79. The Kier molecular flexibility index (Phi) is 2.79. The fraction of sp³-hybridized carbons (Fsp3) is 0.400. The van der Waals surface area contributed by atoms with Crippen molar-refractivity contribution in [3.8, 4) is 5.75 Å². The standard InChI is InChI=1S/C10H13ClN2O/c11-10-8(2-1-3-9(10)14)13-6-4-12-5-7-13/h1-3,12,14H,4-7H2. The highest BCUT2D eigenvalue weighted by Crippen LogP contribution is 2.33. The fourth-order valence-electron chi connectivity index (χ4n) is 1.66. The molecule has 1 aromatic carbocycles. The van der Waals surface area contributed by atoms with E-state index in [2.05, 4.69) is 10.2 Å². The second-order valence-electron chi connectivity index (χ2n) is 3.35. The summed E-state index contributed by atoms with van der Waals surface area (Å²) in [5.74, 6) is 0.155. The summed E-state index contributed by atoms with van der Waals surface area (Å²) in [7, 11) is 0. The number of halogens is 1. The zero-order chi connectivity index (χ0) is 9.97. The van der Waals surface area contributed by atoms with E-state index in [1.807, 2.05) is 12.1 Å². The number of anilines is 1. The molecule has 0 amide bonds. The summed E-state index contributed by atoms with van der Waals surface area (Å²) in [6.45, 7) is 3.80. The van der Waals surface area contributed by atoms with Gasteiger partial charge in [-0.2, -0.15) is 0 Å². The van der Waals surface area contributed by atoms with Crippen molar-refractivity contribution < 1.29 is 5.11 Å². The molecule has 0 radical (unpaired) electrons. The molecule has 76 valence electrons. The van der Waals surface area contributed by atoms with Gasteiger partial charge in [0.1, 0.15) is 10.8 Å². The number of phenols is 1. The van der Waals surface area contributed by atoms with Crippen molar-refractivity contribution >= 4 is 17.3 Å². The van der Waals surface area contributed by atoms with Crippen LogP contribution in [0.4, 0.5) is 5.69 Å². The maximum atomic E-state index is 9.46. The zero-order valence-electron chi connectivity index (χ0n) is 7.83. The number of aromatic hydroxyl groups is 1. The van der Waals surface area contributed by atoms with Gasteiger partial charge in [-0.25, -0.2) is 0 Å². The number of nitrogens with zero attached hydrogens (tertiary/aromatic N) is 1. The lowest BCUT2D eigenvalue weighted by Crippen LogP contribution is -2.43. The van der Waals surface area contributed by atoms with Crippen molar-refractivity contribution in [1.29, 1.82) is 0 Å². The largest absolute Gasteiger partial charge is 0.506 e. The number of hydrogen-bond acceptors (Lipinski definition) is 3. The minimum atomic E-state index is 0.155. The summed E-state index contributed by atoms with van der Waals surface area (Å²) in [5, 5.41) is 13.2. The maximum absolute atomic E-state index is 9.46. The van der Waals surface area contributed by atoms with Gasteiger partial charge < -0.3 is 15.3 Å². The Hall–Kier alpha value is -0.930. The van der Waals surface area contributed by atoms with Gasteiger partial charge in [-0.15, -0.1) is 0 Å². The minimum absolute atomic E-state index is 0.155. The van der Waals surface area contributed by atoms with E-state index in [4.69, 9.17) is 11.6 Å². The van der Waals surface area contributed by atoms with E-state index < -0.39 is 0 Å². The first-order chi connectivity index (χ1) is 6.79. The van der Waals surface area contributed by atoms with Gasteiger partial charge in [0.25, 0.3) is 0 Å². The predicted molar refractivity (Wildman–Crippen MR) is 58.2 cm³/mol. The number of benzene rings is 1. The molecule has 0 atom stereocenters. The second-order valence-corrected chi connectivity index (χ2v) is 3.73. The first kappa shape index (κ1) is 9.62. The molecule has 0 saturated carbocycles. The molecule has 1 heterocycles. The molecule has 1 fully saturated rings. The van der Waals surface area contributed by atoms with Crippen LogP contribution in [0.5, 0.6) is 5.75 Å². The SMILES string of the molecule is Oc1cccc(N2CCNCC2)c1Cl. The zero-order valence-corrected chi connectivity index (χ0v) is 8.59. The molecule has 1 saturated heterocycles. The fourth-order valence-corrected chi connectivity index (χ4v) is 1.90. The molecule has 3 nitrogen and oxygen atoms in total. The van der Waals surface area contributed by atoms with Crippen LogP contribution in [0.15, 0.2) is 18.2 Å². The molecule has 0 aromatic heterocycles. The Morgan fingerprint density at radius 1 is 1.29 bits per heavy atom. The molecule has 1 aliphatic rings. The lowest BCUT2D eigenvalue weighted by atomic mass is 10.2. The van der Waals surface area contributed by atoms with E-state index in [1.165, 1.54) is 0 Å². The first-order valence-corrected chi connectivity index (χ1v) is 5.10.